The van der Waals surface area contributed by atoms with Gasteiger partial charge >= 0.3 is 0 Å². The molecule has 5 heteroatoms. The van der Waals surface area contributed by atoms with E-state index in [-0.39, 0.29) is 6.61 Å². The Kier molecular flexibility index (Phi) is 5.13. The number of aromatic nitrogens is 3. The highest BCUT2D eigenvalue weighted by atomic mass is 16.3. The molecule has 0 aromatic carbocycles. The molecule has 2 rings (SSSR count). The quantitative estimate of drug-likeness (QED) is 0.798. The first-order valence-corrected chi connectivity index (χ1v) is 6.98. The van der Waals surface area contributed by atoms with Gasteiger partial charge in [-0.2, -0.15) is 0 Å². The minimum atomic E-state index is 0.107. The lowest BCUT2D eigenvalue weighted by molar-refractivity contribution is 0.268. The maximum atomic E-state index is 8.80. The van der Waals surface area contributed by atoms with E-state index < -0.39 is 0 Å². The van der Waals surface area contributed by atoms with Crippen molar-refractivity contribution in [2.24, 2.45) is 11.8 Å². The number of nitrogens with zero attached hydrogens (tertiary/aromatic N) is 3. The van der Waals surface area contributed by atoms with Crippen LogP contribution in [-0.4, -0.2) is 33.3 Å². The van der Waals surface area contributed by atoms with Crippen LogP contribution in [0.15, 0.2) is 6.20 Å². The molecule has 1 aromatic rings. The molecular weight excluding hydrogens is 228 g/mol. The summed E-state index contributed by atoms with van der Waals surface area (Å²) < 4.78 is 1.68. The fourth-order valence-corrected chi connectivity index (χ4v) is 2.78. The standard InChI is InChI=1S/C13H24N4O/c1-11-3-2-4-12(7-11)8-14-9-13-10-17(5-6-18)16-15-13/h10-12,14,18H,2-9H2,1H3. The molecule has 0 aliphatic heterocycles. The van der Waals surface area contributed by atoms with Gasteiger partial charge in [0.15, 0.2) is 0 Å². The van der Waals surface area contributed by atoms with Crippen LogP contribution < -0.4 is 5.32 Å². The molecule has 0 saturated heterocycles. The van der Waals surface area contributed by atoms with E-state index in [1.807, 2.05) is 6.20 Å². The zero-order valence-corrected chi connectivity index (χ0v) is 11.2. The van der Waals surface area contributed by atoms with Gasteiger partial charge in [-0.15, -0.1) is 5.10 Å². The van der Waals surface area contributed by atoms with Crippen LogP contribution in [0.3, 0.4) is 0 Å². The van der Waals surface area contributed by atoms with Gasteiger partial charge in [0, 0.05) is 12.7 Å². The van der Waals surface area contributed by atoms with Crippen LogP contribution in [0.1, 0.15) is 38.3 Å². The van der Waals surface area contributed by atoms with Gasteiger partial charge < -0.3 is 10.4 Å². The van der Waals surface area contributed by atoms with Crippen LogP contribution in [0.4, 0.5) is 0 Å². The first-order valence-electron chi connectivity index (χ1n) is 6.98. The van der Waals surface area contributed by atoms with Crippen LogP contribution >= 0.6 is 0 Å². The fraction of sp³-hybridized carbons (Fsp3) is 0.846. The molecule has 102 valence electrons. The van der Waals surface area contributed by atoms with Crippen molar-refractivity contribution in [1.29, 1.82) is 0 Å². The van der Waals surface area contributed by atoms with Crippen molar-refractivity contribution in [3.05, 3.63) is 11.9 Å². The molecule has 18 heavy (non-hydrogen) atoms. The topological polar surface area (TPSA) is 63.0 Å². The predicted octanol–water partition coefficient (Wildman–Crippen LogP) is 1.19. The number of hydrogen-bond acceptors (Lipinski definition) is 4. The zero-order chi connectivity index (χ0) is 12.8. The zero-order valence-electron chi connectivity index (χ0n) is 11.2. The Morgan fingerprint density at radius 1 is 1.50 bits per heavy atom. The Balaban J connectivity index is 1.67. The average Bonchev–Trinajstić information content (AvgIpc) is 2.78. The van der Waals surface area contributed by atoms with Gasteiger partial charge in [-0.3, -0.25) is 0 Å². The summed E-state index contributed by atoms with van der Waals surface area (Å²) in [6, 6.07) is 0. The van der Waals surface area contributed by atoms with E-state index in [1.54, 1.807) is 4.68 Å². The Hall–Kier alpha value is -0.940. The average molecular weight is 252 g/mol. The van der Waals surface area contributed by atoms with Crippen LogP contribution in [0.25, 0.3) is 0 Å². The Labute approximate surface area is 109 Å². The first kappa shape index (κ1) is 13.5. The summed E-state index contributed by atoms with van der Waals surface area (Å²) in [7, 11) is 0. The molecule has 1 saturated carbocycles. The number of nitrogens with one attached hydrogen (secondary N) is 1. The Morgan fingerprint density at radius 2 is 2.39 bits per heavy atom. The Morgan fingerprint density at radius 3 is 3.17 bits per heavy atom. The molecule has 5 nitrogen and oxygen atoms in total. The summed E-state index contributed by atoms with van der Waals surface area (Å²) >= 11 is 0. The lowest BCUT2D eigenvalue weighted by Gasteiger charge is -2.26. The van der Waals surface area contributed by atoms with Crippen molar-refractivity contribution in [3.63, 3.8) is 0 Å². The van der Waals surface area contributed by atoms with Gasteiger partial charge in [0.25, 0.3) is 0 Å². The van der Waals surface area contributed by atoms with Crippen molar-refractivity contribution < 1.29 is 5.11 Å². The summed E-state index contributed by atoms with van der Waals surface area (Å²) in [5.74, 6) is 1.71. The third-order valence-corrected chi connectivity index (χ3v) is 3.70. The van der Waals surface area contributed by atoms with E-state index in [4.69, 9.17) is 5.11 Å². The van der Waals surface area contributed by atoms with Crippen molar-refractivity contribution in [3.8, 4) is 0 Å². The second-order valence-electron chi connectivity index (χ2n) is 5.47. The highest BCUT2D eigenvalue weighted by Crippen LogP contribution is 2.27. The van der Waals surface area contributed by atoms with E-state index >= 15 is 0 Å². The molecule has 0 radical (unpaired) electrons. The van der Waals surface area contributed by atoms with Gasteiger partial charge in [0.1, 0.15) is 0 Å². The largest absolute Gasteiger partial charge is 0.394 e. The molecule has 0 amide bonds. The van der Waals surface area contributed by atoms with E-state index in [9.17, 15) is 0 Å². The molecule has 1 heterocycles. The lowest BCUT2D eigenvalue weighted by Crippen LogP contribution is -2.26. The molecule has 2 atom stereocenters. The third-order valence-electron chi connectivity index (χ3n) is 3.70. The summed E-state index contributed by atoms with van der Waals surface area (Å²) in [5, 5.41) is 20.3. The number of aliphatic hydroxyl groups is 1. The van der Waals surface area contributed by atoms with Crippen LogP contribution in [0.2, 0.25) is 0 Å². The lowest BCUT2D eigenvalue weighted by atomic mass is 9.82. The van der Waals surface area contributed by atoms with Gasteiger partial charge in [-0.25, -0.2) is 4.68 Å². The molecule has 2 unspecified atom stereocenters. The predicted molar refractivity (Wildman–Crippen MR) is 69.9 cm³/mol. The maximum Gasteiger partial charge on any atom is 0.0964 e. The highest BCUT2D eigenvalue weighted by Gasteiger charge is 2.18. The van der Waals surface area contributed by atoms with Gasteiger partial charge in [0.05, 0.1) is 18.8 Å². The van der Waals surface area contributed by atoms with Crippen molar-refractivity contribution in [2.75, 3.05) is 13.2 Å². The molecule has 2 N–H and O–H groups in total. The van der Waals surface area contributed by atoms with Gasteiger partial charge in [-0.05, 0) is 31.2 Å². The molecule has 1 fully saturated rings. The molecular formula is C13H24N4O. The fourth-order valence-electron chi connectivity index (χ4n) is 2.78. The molecule has 1 aliphatic rings. The van der Waals surface area contributed by atoms with Gasteiger partial charge in [-0.1, -0.05) is 25.0 Å². The minimum absolute atomic E-state index is 0.107. The van der Waals surface area contributed by atoms with E-state index in [1.165, 1.54) is 25.7 Å². The first-order chi connectivity index (χ1) is 8.78. The van der Waals surface area contributed by atoms with Crippen LogP contribution in [0, 0.1) is 11.8 Å². The monoisotopic (exact) mass is 252 g/mol. The smallest absolute Gasteiger partial charge is 0.0964 e. The SMILES string of the molecule is CC1CCCC(CNCc2cn(CCO)nn2)C1. The van der Waals surface area contributed by atoms with Crippen LogP contribution in [-0.2, 0) is 13.1 Å². The van der Waals surface area contributed by atoms with Crippen LogP contribution in [0.5, 0.6) is 0 Å². The number of rotatable bonds is 6. The van der Waals surface area contributed by atoms with Crippen molar-refractivity contribution in [1.82, 2.24) is 20.3 Å². The number of aliphatic hydroxyl groups excluding tert-OH is 1. The summed E-state index contributed by atoms with van der Waals surface area (Å²) in [4.78, 5) is 0. The maximum absolute atomic E-state index is 8.80. The second kappa shape index (κ2) is 6.85. The van der Waals surface area contributed by atoms with Crippen molar-refractivity contribution >= 4 is 0 Å². The summed E-state index contributed by atoms with van der Waals surface area (Å²) in [5.41, 5.74) is 0.951. The molecule has 1 aromatic heterocycles. The second-order valence-corrected chi connectivity index (χ2v) is 5.47. The molecule has 0 spiro atoms. The summed E-state index contributed by atoms with van der Waals surface area (Å²) in [6.45, 7) is 4.84. The third kappa shape index (κ3) is 4.07. The highest BCUT2D eigenvalue weighted by molar-refractivity contribution is 4.91. The van der Waals surface area contributed by atoms with E-state index in [0.717, 1.165) is 30.6 Å². The molecule has 1 aliphatic carbocycles. The minimum Gasteiger partial charge on any atom is -0.394 e. The molecule has 0 bridgehead atoms. The summed E-state index contributed by atoms with van der Waals surface area (Å²) in [6.07, 6.45) is 7.37. The van der Waals surface area contributed by atoms with Crippen molar-refractivity contribution in [2.45, 2.75) is 45.7 Å². The van der Waals surface area contributed by atoms with E-state index in [2.05, 4.69) is 22.6 Å². The Bertz CT molecular complexity index is 353. The van der Waals surface area contributed by atoms with Gasteiger partial charge in [0.2, 0.25) is 0 Å². The van der Waals surface area contributed by atoms with E-state index in [0.29, 0.717) is 6.54 Å². The number of hydrogen-bond donors (Lipinski definition) is 2. The normalized spacial score (nSPS) is 24.3.